The third kappa shape index (κ3) is 2.98. The fourth-order valence-corrected chi connectivity index (χ4v) is 3.52. The lowest BCUT2D eigenvalue weighted by Crippen LogP contribution is -2.50. The molecule has 4 heteroatoms. The molecule has 4 nitrogen and oxygen atoms in total. The molecule has 0 radical (unpaired) electrons. The van der Waals surface area contributed by atoms with E-state index in [1.165, 1.54) is 5.56 Å². The van der Waals surface area contributed by atoms with Crippen LogP contribution in [-0.2, 0) is 4.74 Å². The number of benzene rings is 1. The molecule has 0 atom stereocenters. The Kier molecular flexibility index (Phi) is 4.26. The number of nitrogens with zero attached hydrogens (tertiary/aromatic N) is 2. The smallest absolute Gasteiger partial charge is 0.255 e. The van der Waals surface area contributed by atoms with Crippen molar-refractivity contribution in [2.45, 2.75) is 40.2 Å². The topological polar surface area (TPSA) is 34.5 Å². The van der Waals surface area contributed by atoms with Gasteiger partial charge in [0, 0.05) is 30.2 Å². The lowest BCUT2D eigenvalue weighted by molar-refractivity contribution is -0.0764. The van der Waals surface area contributed by atoms with Crippen LogP contribution < -0.4 is 0 Å². The van der Waals surface area contributed by atoms with Crippen molar-refractivity contribution in [1.29, 1.82) is 0 Å². The average molecular weight is 326 g/mol. The molecule has 1 aliphatic heterocycles. The predicted molar refractivity (Wildman–Crippen MR) is 95.9 cm³/mol. The highest BCUT2D eigenvalue weighted by Gasteiger charge is 2.31. The van der Waals surface area contributed by atoms with Crippen molar-refractivity contribution in [2.24, 2.45) is 0 Å². The highest BCUT2D eigenvalue weighted by Crippen LogP contribution is 2.25. The van der Waals surface area contributed by atoms with Crippen LogP contribution in [0.25, 0.3) is 5.69 Å². The molecule has 2 heterocycles. The third-order valence-corrected chi connectivity index (χ3v) is 4.73. The Morgan fingerprint density at radius 1 is 1.17 bits per heavy atom. The van der Waals surface area contributed by atoms with Crippen LogP contribution in [0.15, 0.2) is 30.3 Å². The molecule has 0 saturated carbocycles. The molecule has 1 aromatic carbocycles. The van der Waals surface area contributed by atoms with Gasteiger partial charge in [0.2, 0.25) is 0 Å². The first-order valence-electron chi connectivity index (χ1n) is 8.48. The first kappa shape index (κ1) is 16.8. The van der Waals surface area contributed by atoms with Gasteiger partial charge in [-0.15, -0.1) is 0 Å². The van der Waals surface area contributed by atoms with Gasteiger partial charge in [0.1, 0.15) is 0 Å². The molecule has 2 aromatic rings. The van der Waals surface area contributed by atoms with Gasteiger partial charge in [-0.1, -0.05) is 18.2 Å². The number of morpholine rings is 1. The first-order chi connectivity index (χ1) is 11.3. The number of carbonyl (C=O) groups is 1. The zero-order valence-electron chi connectivity index (χ0n) is 15.2. The Balaban J connectivity index is 1.97. The van der Waals surface area contributed by atoms with Crippen molar-refractivity contribution >= 4 is 5.91 Å². The molecule has 0 N–H and O–H groups in total. The van der Waals surface area contributed by atoms with Gasteiger partial charge in [-0.25, -0.2) is 0 Å². The van der Waals surface area contributed by atoms with E-state index in [1.807, 2.05) is 43.9 Å². The van der Waals surface area contributed by atoms with E-state index in [-0.39, 0.29) is 11.5 Å². The quantitative estimate of drug-likeness (QED) is 0.844. The van der Waals surface area contributed by atoms with Crippen LogP contribution in [0.2, 0.25) is 0 Å². The summed E-state index contributed by atoms with van der Waals surface area (Å²) in [6.07, 6.45) is 0. The van der Waals surface area contributed by atoms with Gasteiger partial charge in [-0.05, 0) is 52.3 Å². The SMILES string of the molecule is Cc1ccccc1-n1c(C)cc(C(=O)N2CCOC(C)(C)C2)c1C. The van der Waals surface area contributed by atoms with Crippen molar-refractivity contribution in [3.63, 3.8) is 0 Å². The molecule has 1 aliphatic rings. The summed E-state index contributed by atoms with van der Waals surface area (Å²) in [5.74, 6) is 0.0966. The lowest BCUT2D eigenvalue weighted by atomic mass is 10.1. The number of hydrogen-bond acceptors (Lipinski definition) is 2. The van der Waals surface area contributed by atoms with Gasteiger partial charge >= 0.3 is 0 Å². The fourth-order valence-electron chi connectivity index (χ4n) is 3.52. The molecular weight excluding hydrogens is 300 g/mol. The zero-order valence-corrected chi connectivity index (χ0v) is 15.2. The summed E-state index contributed by atoms with van der Waals surface area (Å²) in [6.45, 7) is 12.1. The monoisotopic (exact) mass is 326 g/mol. The Bertz CT molecular complexity index is 774. The molecule has 0 aliphatic carbocycles. The molecule has 1 saturated heterocycles. The van der Waals surface area contributed by atoms with E-state index >= 15 is 0 Å². The van der Waals surface area contributed by atoms with Gasteiger partial charge in [-0.3, -0.25) is 4.79 Å². The second kappa shape index (κ2) is 6.10. The number of amides is 1. The summed E-state index contributed by atoms with van der Waals surface area (Å²) in [5, 5.41) is 0. The summed E-state index contributed by atoms with van der Waals surface area (Å²) in [6, 6.07) is 10.3. The molecule has 0 bridgehead atoms. The van der Waals surface area contributed by atoms with Crippen LogP contribution in [0, 0.1) is 20.8 Å². The predicted octanol–water partition coefficient (Wildman–Crippen LogP) is 3.65. The first-order valence-corrected chi connectivity index (χ1v) is 8.48. The second-order valence-corrected chi connectivity index (χ2v) is 7.24. The van der Waals surface area contributed by atoms with Gasteiger partial charge in [0.25, 0.3) is 5.91 Å². The van der Waals surface area contributed by atoms with Gasteiger partial charge in [-0.2, -0.15) is 0 Å². The third-order valence-electron chi connectivity index (χ3n) is 4.73. The Hall–Kier alpha value is -2.07. The van der Waals surface area contributed by atoms with E-state index in [0.29, 0.717) is 19.7 Å². The molecule has 128 valence electrons. The maximum atomic E-state index is 13.0. The van der Waals surface area contributed by atoms with Crippen LogP contribution >= 0.6 is 0 Å². The van der Waals surface area contributed by atoms with Crippen molar-refractivity contribution < 1.29 is 9.53 Å². The van der Waals surface area contributed by atoms with Crippen LogP contribution in [-0.4, -0.2) is 40.7 Å². The van der Waals surface area contributed by atoms with E-state index < -0.39 is 0 Å². The molecule has 1 fully saturated rings. The van der Waals surface area contributed by atoms with E-state index in [4.69, 9.17) is 4.74 Å². The molecule has 3 rings (SSSR count). The maximum absolute atomic E-state index is 13.0. The number of aromatic nitrogens is 1. The largest absolute Gasteiger partial charge is 0.372 e. The second-order valence-electron chi connectivity index (χ2n) is 7.24. The van der Waals surface area contributed by atoms with Gasteiger partial charge in [0.15, 0.2) is 0 Å². The molecule has 24 heavy (non-hydrogen) atoms. The number of para-hydroxylation sites is 1. The Labute approximate surface area is 144 Å². The molecule has 1 aromatic heterocycles. The maximum Gasteiger partial charge on any atom is 0.255 e. The highest BCUT2D eigenvalue weighted by atomic mass is 16.5. The number of rotatable bonds is 2. The molecular formula is C20H26N2O2. The van der Waals surface area contributed by atoms with Crippen LogP contribution in [0.3, 0.4) is 0 Å². The zero-order chi connectivity index (χ0) is 17.5. The summed E-state index contributed by atoms with van der Waals surface area (Å²) >= 11 is 0. The van der Waals surface area contributed by atoms with E-state index in [9.17, 15) is 4.79 Å². The van der Waals surface area contributed by atoms with Crippen molar-refractivity contribution in [1.82, 2.24) is 9.47 Å². The van der Waals surface area contributed by atoms with Gasteiger partial charge in [0.05, 0.1) is 17.8 Å². The molecule has 0 unspecified atom stereocenters. The summed E-state index contributed by atoms with van der Waals surface area (Å²) in [5.41, 5.74) is 4.91. The lowest BCUT2D eigenvalue weighted by Gasteiger charge is -2.38. The minimum atomic E-state index is -0.282. The van der Waals surface area contributed by atoms with Crippen molar-refractivity contribution in [3.8, 4) is 5.69 Å². The number of carbonyl (C=O) groups excluding carboxylic acids is 1. The van der Waals surface area contributed by atoms with Crippen molar-refractivity contribution in [2.75, 3.05) is 19.7 Å². The standard InChI is InChI=1S/C20H26N2O2/c1-14-8-6-7-9-18(14)22-15(2)12-17(16(22)3)19(23)21-10-11-24-20(4,5)13-21/h6-9,12H,10-11,13H2,1-5H3. The van der Waals surface area contributed by atoms with E-state index in [0.717, 1.165) is 22.6 Å². The average Bonchev–Trinajstić information content (AvgIpc) is 2.81. The summed E-state index contributed by atoms with van der Waals surface area (Å²) in [4.78, 5) is 15.0. The number of ether oxygens (including phenoxy) is 1. The Morgan fingerprint density at radius 2 is 1.88 bits per heavy atom. The van der Waals surface area contributed by atoms with E-state index in [1.54, 1.807) is 0 Å². The minimum Gasteiger partial charge on any atom is -0.372 e. The number of hydrogen-bond donors (Lipinski definition) is 0. The normalized spacial score (nSPS) is 17.1. The van der Waals surface area contributed by atoms with Crippen LogP contribution in [0.5, 0.6) is 0 Å². The highest BCUT2D eigenvalue weighted by molar-refractivity contribution is 5.96. The summed E-state index contributed by atoms with van der Waals surface area (Å²) < 4.78 is 7.90. The van der Waals surface area contributed by atoms with Crippen LogP contribution in [0.1, 0.15) is 41.2 Å². The summed E-state index contributed by atoms with van der Waals surface area (Å²) in [7, 11) is 0. The Morgan fingerprint density at radius 3 is 2.54 bits per heavy atom. The minimum absolute atomic E-state index is 0.0966. The van der Waals surface area contributed by atoms with Gasteiger partial charge < -0.3 is 14.2 Å². The van der Waals surface area contributed by atoms with Crippen LogP contribution in [0.4, 0.5) is 0 Å². The molecule has 1 amide bonds. The van der Waals surface area contributed by atoms with E-state index in [2.05, 4.69) is 30.5 Å². The molecule has 0 spiro atoms. The fraction of sp³-hybridized carbons (Fsp3) is 0.450. The number of aryl methyl sites for hydroxylation is 2. The van der Waals surface area contributed by atoms with Crippen molar-refractivity contribution in [3.05, 3.63) is 52.8 Å².